The number of hydrogen-bond donors (Lipinski definition) is 2. The maximum atomic E-state index is 11.3. The molecule has 1 rings (SSSR count). The van der Waals surface area contributed by atoms with Crippen LogP contribution in [0.25, 0.3) is 0 Å². The molecule has 1 aromatic rings. The molecule has 0 unspecified atom stereocenters. The molecule has 1 amide bonds. The monoisotopic (exact) mass is 209 g/mol. The molecule has 0 aliphatic heterocycles. The Morgan fingerprint density at radius 1 is 1.60 bits per heavy atom. The van der Waals surface area contributed by atoms with E-state index >= 15 is 0 Å². The summed E-state index contributed by atoms with van der Waals surface area (Å²) in [4.78, 5) is 18.4. The molecule has 15 heavy (non-hydrogen) atoms. The molecule has 0 aliphatic carbocycles. The lowest BCUT2D eigenvalue weighted by Crippen LogP contribution is -2.25. The van der Waals surface area contributed by atoms with Crippen molar-refractivity contribution < 1.29 is 4.79 Å². The Kier molecular flexibility index (Phi) is 4.87. The van der Waals surface area contributed by atoms with Crippen molar-refractivity contribution in [1.29, 1.82) is 0 Å². The molecule has 0 bridgehead atoms. The van der Waals surface area contributed by atoms with E-state index in [1.807, 2.05) is 20.0 Å². The van der Waals surface area contributed by atoms with Crippen molar-refractivity contribution >= 4 is 5.91 Å². The van der Waals surface area contributed by atoms with Gasteiger partial charge in [0, 0.05) is 31.8 Å². The molecule has 0 fully saturated rings. The highest BCUT2D eigenvalue weighted by molar-refractivity contribution is 5.75. The maximum absolute atomic E-state index is 11.3. The van der Waals surface area contributed by atoms with Gasteiger partial charge in [-0.05, 0) is 12.3 Å². The largest absolute Gasteiger partial charge is 0.356 e. The topological polar surface area (TPSA) is 57.8 Å². The van der Waals surface area contributed by atoms with Crippen molar-refractivity contribution in [3.63, 3.8) is 0 Å². The van der Waals surface area contributed by atoms with Crippen LogP contribution in [0.1, 0.15) is 32.5 Å². The number of imidazole rings is 1. The van der Waals surface area contributed by atoms with Crippen molar-refractivity contribution in [1.82, 2.24) is 15.3 Å². The van der Waals surface area contributed by atoms with Crippen LogP contribution in [0.3, 0.4) is 0 Å². The summed E-state index contributed by atoms with van der Waals surface area (Å²) in [5.74, 6) is 1.55. The highest BCUT2D eigenvalue weighted by atomic mass is 16.1. The van der Waals surface area contributed by atoms with Gasteiger partial charge in [0.2, 0.25) is 5.91 Å². The fourth-order valence-electron chi connectivity index (χ4n) is 1.36. The number of aromatic nitrogens is 2. The van der Waals surface area contributed by atoms with Crippen molar-refractivity contribution in [2.75, 3.05) is 6.54 Å². The van der Waals surface area contributed by atoms with Gasteiger partial charge in [0.25, 0.3) is 0 Å². The average Bonchev–Trinajstić information content (AvgIpc) is 2.63. The third kappa shape index (κ3) is 5.20. The van der Waals surface area contributed by atoms with Crippen molar-refractivity contribution in [2.45, 2.75) is 33.1 Å². The minimum absolute atomic E-state index is 0.143. The van der Waals surface area contributed by atoms with Gasteiger partial charge in [-0.2, -0.15) is 0 Å². The first-order chi connectivity index (χ1) is 7.18. The molecular weight excluding hydrogens is 190 g/mol. The smallest absolute Gasteiger partial charge is 0.220 e. The zero-order chi connectivity index (χ0) is 11.1. The minimum Gasteiger partial charge on any atom is -0.356 e. The molecule has 4 nitrogen and oxygen atoms in total. The van der Waals surface area contributed by atoms with Crippen LogP contribution < -0.4 is 5.32 Å². The van der Waals surface area contributed by atoms with E-state index in [0.717, 1.165) is 25.2 Å². The molecule has 1 aromatic heterocycles. The van der Waals surface area contributed by atoms with Gasteiger partial charge in [-0.1, -0.05) is 13.8 Å². The Morgan fingerprint density at radius 3 is 3.00 bits per heavy atom. The fraction of sp³-hybridized carbons (Fsp3) is 0.636. The van der Waals surface area contributed by atoms with Crippen LogP contribution in [0.5, 0.6) is 0 Å². The summed E-state index contributed by atoms with van der Waals surface area (Å²) in [6, 6.07) is 0. The Morgan fingerprint density at radius 2 is 2.40 bits per heavy atom. The number of aryl methyl sites for hydroxylation is 1. The number of nitrogens with one attached hydrogen (secondary N) is 2. The average molecular weight is 209 g/mol. The molecule has 0 radical (unpaired) electrons. The standard InChI is InChI=1S/C11H19N3O/c1-9(2)8-11(15)14-5-3-4-10-12-6-7-13-10/h6-7,9H,3-5,8H2,1-2H3,(H,12,13)(H,14,15). The van der Waals surface area contributed by atoms with Crippen LogP contribution in [0.15, 0.2) is 12.4 Å². The molecule has 0 aromatic carbocycles. The molecule has 0 saturated heterocycles. The molecule has 0 atom stereocenters. The highest BCUT2D eigenvalue weighted by Gasteiger charge is 2.03. The number of hydrogen-bond acceptors (Lipinski definition) is 2. The number of carbonyl (C=O) groups excluding carboxylic acids is 1. The fourth-order valence-corrected chi connectivity index (χ4v) is 1.36. The summed E-state index contributed by atoms with van der Waals surface area (Å²) >= 11 is 0. The van der Waals surface area contributed by atoms with Crippen LogP contribution in [-0.4, -0.2) is 22.4 Å². The second-order valence-electron chi connectivity index (χ2n) is 4.09. The van der Waals surface area contributed by atoms with Gasteiger partial charge in [-0.3, -0.25) is 4.79 Å². The van der Waals surface area contributed by atoms with Crippen LogP contribution in [-0.2, 0) is 11.2 Å². The molecule has 1 heterocycles. The van der Waals surface area contributed by atoms with E-state index < -0.39 is 0 Å². The van der Waals surface area contributed by atoms with Crippen LogP contribution in [0.2, 0.25) is 0 Å². The quantitative estimate of drug-likeness (QED) is 0.698. The Balaban J connectivity index is 2.04. The first-order valence-electron chi connectivity index (χ1n) is 5.43. The van der Waals surface area contributed by atoms with Gasteiger partial charge in [0.05, 0.1) is 0 Å². The van der Waals surface area contributed by atoms with E-state index in [-0.39, 0.29) is 5.91 Å². The van der Waals surface area contributed by atoms with E-state index in [1.54, 1.807) is 6.20 Å². The summed E-state index contributed by atoms with van der Waals surface area (Å²) in [5.41, 5.74) is 0. The maximum Gasteiger partial charge on any atom is 0.220 e. The molecule has 0 saturated carbocycles. The van der Waals surface area contributed by atoms with Crippen LogP contribution in [0, 0.1) is 5.92 Å². The summed E-state index contributed by atoms with van der Waals surface area (Å²) in [6.45, 7) is 4.82. The van der Waals surface area contributed by atoms with Gasteiger partial charge >= 0.3 is 0 Å². The summed E-state index contributed by atoms with van der Waals surface area (Å²) in [5, 5.41) is 2.90. The SMILES string of the molecule is CC(C)CC(=O)NCCCc1ncc[nH]1. The number of aromatic amines is 1. The highest BCUT2D eigenvalue weighted by Crippen LogP contribution is 1.98. The first-order valence-corrected chi connectivity index (χ1v) is 5.43. The van der Waals surface area contributed by atoms with Crippen LogP contribution >= 0.6 is 0 Å². The molecule has 4 heteroatoms. The van der Waals surface area contributed by atoms with E-state index in [1.165, 1.54) is 0 Å². The number of H-pyrrole nitrogens is 1. The summed E-state index contributed by atoms with van der Waals surface area (Å²) < 4.78 is 0. The first kappa shape index (κ1) is 11.8. The lowest BCUT2D eigenvalue weighted by molar-refractivity contribution is -0.121. The van der Waals surface area contributed by atoms with E-state index in [2.05, 4.69) is 15.3 Å². The minimum atomic E-state index is 0.143. The third-order valence-corrected chi connectivity index (χ3v) is 2.06. The second kappa shape index (κ2) is 6.22. The zero-order valence-corrected chi connectivity index (χ0v) is 9.42. The van der Waals surface area contributed by atoms with E-state index in [4.69, 9.17) is 0 Å². The van der Waals surface area contributed by atoms with Crippen molar-refractivity contribution in [3.8, 4) is 0 Å². The van der Waals surface area contributed by atoms with Crippen LogP contribution in [0.4, 0.5) is 0 Å². The Bertz CT molecular complexity index is 280. The van der Waals surface area contributed by atoms with Gasteiger partial charge in [0.15, 0.2) is 0 Å². The molecule has 0 spiro atoms. The lowest BCUT2D eigenvalue weighted by Gasteiger charge is -2.06. The van der Waals surface area contributed by atoms with Gasteiger partial charge in [-0.25, -0.2) is 4.98 Å². The normalized spacial score (nSPS) is 10.6. The van der Waals surface area contributed by atoms with E-state index in [0.29, 0.717) is 12.3 Å². The number of rotatable bonds is 6. The number of nitrogens with zero attached hydrogens (tertiary/aromatic N) is 1. The van der Waals surface area contributed by atoms with Gasteiger partial charge < -0.3 is 10.3 Å². The van der Waals surface area contributed by atoms with Gasteiger partial charge in [0.1, 0.15) is 5.82 Å². The number of amides is 1. The van der Waals surface area contributed by atoms with Gasteiger partial charge in [-0.15, -0.1) is 0 Å². The number of carbonyl (C=O) groups is 1. The summed E-state index contributed by atoms with van der Waals surface area (Å²) in [7, 11) is 0. The molecule has 2 N–H and O–H groups in total. The Labute approximate surface area is 90.5 Å². The predicted molar refractivity (Wildman–Crippen MR) is 59.4 cm³/mol. The Hall–Kier alpha value is -1.32. The lowest BCUT2D eigenvalue weighted by atomic mass is 10.1. The van der Waals surface area contributed by atoms with Crippen molar-refractivity contribution in [2.24, 2.45) is 5.92 Å². The second-order valence-corrected chi connectivity index (χ2v) is 4.09. The summed E-state index contributed by atoms with van der Waals surface area (Å²) in [6.07, 6.45) is 5.98. The van der Waals surface area contributed by atoms with Crippen molar-refractivity contribution in [3.05, 3.63) is 18.2 Å². The van der Waals surface area contributed by atoms with E-state index in [9.17, 15) is 4.79 Å². The third-order valence-electron chi connectivity index (χ3n) is 2.06. The predicted octanol–water partition coefficient (Wildman–Crippen LogP) is 1.50. The zero-order valence-electron chi connectivity index (χ0n) is 9.42. The molecular formula is C11H19N3O. The molecule has 0 aliphatic rings. The molecule has 84 valence electrons.